The van der Waals surface area contributed by atoms with Crippen LogP contribution in [-0.4, -0.2) is 30.5 Å². The van der Waals surface area contributed by atoms with E-state index in [2.05, 4.69) is 50.3 Å². The van der Waals surface area contributed by atoms with E-state index < -0.39 is 0 Å². The molecule has 2 bridgehead atoms. The number of hydrogen-bond acceptors (Lipinski definition) is 3. The van der Waals surface area contributed by atoms with E-state index in [0.29, 0.717) is 30.7 Å². The number of benzene rings is 1. The predicted molar refractivity (Wildman–Crippen MR) is 105 cm³/mol. The maximum atomic E-state index is 9.34. The molecule has 0 radical (unpaired) electrons. The fraction of sp³-hybridized carbons (Fsp3) is 0.652. The average Bonchev–Trinajstić information content (AvgIpc) is 3.24. The van der Waals surface area contributed by atoms with Crippen LogP contribution in [0.5, 0.6) is 0 Å². The van der Waals surface area contributed by atoms with Crippen LogP contribution in [0.1, 0.15) is 51.5 Å². The Morgan fingerprint density at radius 1 is 1.12 bits per heavy atom. The minimum absolute atomic E-state index is 0.0215. The molecule has 2 saturated heterocycles. The third-order valence-electron chi connectivity index (χ3n) is 6.00. The van der Waals surface area contributed by atoms with Crippen molar-refractivity contribution < 1.29 is 14.6 Å². The van der Waals surface area contributed by atoms with Crippen molar-refractivity contribution in [3.05, 3.63) is 48.0 Å². The molecule has 3 rings (SSSR count). The van der Waals surface area contributed by atoms with Gasteiger partial charge in [0.25, 0.3) is 0 Å². The molecule has 1 aromatic carbocycles. The Labute approximate surface area is 158 Å². The minimum Gasteiger partial charge on any atom is -0.396 e. The molecule has 0 unspecified atom stereocenters. The van der Waals surface area contributed by atoms with Gasteiger partial charge in [0.2, 0.25) is 0 Å². The first kappa shape index (κ1) is 19.6. The van der Waals surface area contributed by atoms with Crippen molar-refractivity contribution in [2.75, 3.05) is 13.2 Å². The highest BCUT2D eigenvalue weighted by Crippen LogP contribution is 2.45. The second-order valence-electron chi connectivity index (χ2n) is 8.69. The van der Waals surface area contributed by atoms with Crippen LogP contribution in [0.4, 0.5) is 0 Å². The van der Waals surface area contributed by atoms with Gasteiger partial charge in [0, 0.05) is 12.5 Å². The van der Waals surface area contributed by atoms with Gasteiger partial charge < -0.3 is 14.6 Å². The van der Waals surface area contributed by atoms with E-state index in [1.165, 1.54) is 18.4 Å². The zero-order valence-corrected chi connectivity index (χ0v) is 16.3. The van der Waals surface area contributed by atoms with Crippen molar-refractivity contribution in [2.45, 2.75) is 64.8 Å². The SMILES string of the molecule is CC(C)(CO)CCC=CC[C@H]1[C@@H](COCc2ccccc2)[C@H]2CC[C@@H]1O2. The highest BCUT2D eigenvalue weighted by molar-refractivity contribution is 5.13. The number of rotatable bonds is 10. The lowest BCUT2D eigenvalue weighted by Gasteiger charge is -2.27. The molecule has 0 aromatic heterocycles. The molecule has 1 aromatic rings. The van der Waals surface area contributed by atoms with Gasteiger partial charge in [0.15, 0.2) is 0 Å². The van der Waals surface area contributed by atoms with Gasteiger partial charge >= 0.3 is 0 Å². The maximum Gasteiger partial charge on any atom is 0.0717 e. The van der Waals surface area contributed by atoms with Gasteiger partial charge in [-0.05, 0) is 49.0 Å². The molecule has 26 heavy (non-hydrogen) atoms. The summed E-state index contributed by atoms with van der Waals surface area (Å²) in [6.07, 6.45) is 11.0. The quantitative estimate of drug-likeness (QED) is 0.614. The standard InChI is InChI=1S/C23H34O3/c1-23(2,17-24)14-8-4-7-11-19-20(22-13-12-21(19)26-22)16-25-15-18-9-5-3-6-10-18/h3-7,9-10,19-22,24H,8,11-17H2,1-2H3/t19-,20+,21-,22+/m0/s1. The Hall–Kier alpha value is -1.16. The Kier molecular flexibility index (Phi) is 6.91. The van der Waals surface area contributed by atoms with Gasteiger partial charge in [-0.25, -0.2) is 0 Å². The zero-order chi connectivity index (χ0) is 18.4. The molecule has 0 amide bonds. The van der Waals surface area contributed by atoms with E-state index >= 15 is 0 Å². The van der Waals surface area contributed by atoms with Crippen LogP contribution in [0.15, 0.2) is 42.5 Å². The van der Waals surface area contributed by atoms with E-state index in [4.69, 9.17) is 9.47 Å². The average molecular weight is 359 g/mol. The molecule has 2 aliphatic heterocycles. The molecule has 2 fully saturated rings. The molecule has 3 nitrogen and oxygen atoms in total. The second kappa shape index (κ2) is 9.16. The van der Waals surface area contributed by atoms with Crippen molar-refractivity contribution in [1.29, 1.82) is 0 Å². The number of allylic oxidation sites excluding steroid dienone is 2. The summed E-state index contributed by atoms with van der Waals surface area (Å²) in [4.78, 5) is 0. The van der Waals surface area contributed by atoms with Gasteiger partial charge in [-0.15, -0.1) is 0 Å². The first-order valence-electron chi connectivity index (χ1n) is 10.1. The lowest BCUT2D eigenvalue weighted by atomic mass is 9.78. The Morgan fingerprint density at radius 2 is 1.85 bits per heavy atom. The van der Waals surface area contributed by atoms with Crippen molar-refractivity contribution >= 4 is 0 Å². The summed E-state index contributed by atoms with van der Waals surface area (Å²) in [5, 5.41) is 9.34. The van der Waals surface area contributed by atoms with Crippen LogP contribution in [0.3, 0.4) is 0 Å². The lowest BCUT2D eigenvalue weighted by molar-refractivity contribution is 0.0419. The van der Waals surface area contributed by atoms with Crippen molar-refractivity contribution in [2.24, 2.45) is 17.3 Å². The number of aliphatic hydroxyl groups is 1. The number of hydrogen-bond donors (Lipinski definition) is 1. The van der Waals surface area contributed by atoms with Crippen LogP contribution in [0.2, 0.25) is 0 Å². The molecule has 2 aliphatic rings. The molecule has 0 saturated carbocycles. The molecule has 0 spiro atoms. The monoisotopic (exact) mass is 358 g/mol. The molecule has 0 aliphatic carbocycles. The summed E-state index contributed by atoms with van der Waals surface area (Å²) in [7, 11) is 0. The van der Waals surface area contributed by atoms with Gasteiger partial charge in [0.1, 0.15) is 0 Å². The van der Waals surface area contributed by atoms with Gasteiger partial charge in [0.05, 0.1) is 25.4 Å². The largest absolute Gasteiger partial charge is 0.396 e. The highest BCUT2D eigenvalue weighted by Gasteiger charge is 2.48. The Bertz CT molecular complexity index is 566. The third kappa shape index (κ3) is 5.18. The predicted octanol–water partition coefficient (Wildman–Crippen LogP) is 4.74. The smallest absolute Gasteiger partial charge is 0.0717 e. The fourth-order valence-corrected chi connectivity index (χ4v) is 4.24. The highest BCUT2D eigenvalue weighted by atomic mass is 16.5. The van der Waals surface area contributed by atoms with Crippen molar-refractivity contribution in [3.8, 4) is 0 Å². The van der Waals surface area contributed by atoms with Gasteiger partial charge in [-0.2, -0.15) is 0 Å². The second-order valence-corrected chi connectivity index (χ2v) is 8.69. The van der Waals surface area contributed by atoms with E-state index in [-0.39, 0.29) is 12.0 Å². The summed E-state index contributed by atoms with van der Waals surface area (Å²) < 4.78 is 12.2. The first-order valence-corrected chi connectivity index (χ1v) is 10.1. The van der Waals surface area contributed by atoms with Crippen molar-refractivity contribution in [3.63, 3.8) is 0 Å². The van der Waals surface area contributed by atoms with Crippen LogP contribution in [0, 0.1) is 17.3 Å². The minimum atomic E-state index is 0.0215. The van der Waals surface area contributed by atoms with Gasteiger partial charge in [-0.1, -0.05) is 56.3 Å². The molecule has 3 heteroatoms. The van der Waals surface area contributed by atoms with Crippen LogP contribution < -0.4 is 0 Å². The zero-order valence-electron chi connectivity index (χ0n) is 16.3. The molecular formula is C23H34O3. The van der Waals surface area contributed by atoms with E-state index in [1.54, 1.807) is 0 Å². The summed E-state index contributed by atoms with van der Waals surface area (Å²) in [5.74, 6) is 1.11. The van der Waals surface area contributed by atoms with Crippen LogP contribution in [0.25, 0.3) is 0 Å². The molecule has 2 heterocycles. The Balaban J connectivity index is 1.44. The first-order chi connectivity index (χ1) is 12.6. The summed E-state index contributed by atoms with van der Waals surface area (Å²) >= 11 is 0. The van der Waals surface area contributed by atoms with E-state index in [1.807, 2.05) is 6.07 Å². The van der Waals surface area contributed by atoms with E-state index in [9.17, 15) is 5.11 Å². The molecular weight excluding hydrogens is 324 g/mol. The summed E-state index contributed by atoms with van der Waals surface area (Å²) in [6.45, 7) is 5.97. The lowest BCUT2D eigenvalue weighted by Crippen LogP contribution is -2.30. The number of fused-ring (bicyclic) bond motifs is 2. The fourth-order valence-electron chi connectivity index (χ4n) is 4.24. The molecule has 1 N–H and O–H groups in total. The molecule has 4 atom stereocenters. The summed E-state index contributed by atoms with van der Waals surface area (Å²) in [5.41, 5.74) is 1.26. The Morgan fingerprint density at radius 3 is 2.58 bits per heavy atom. The maximum absolute atomic E-state index is 9.34. The third-order valence-corrected chi connectivity index (χ3v) is 6.00. The van der Waals surface area contributed by atoms with Crippen molar-refractivity contribution in [1.82, 2.24) is 0 Å². The number of aliphatic hydroxyl groups excluding tert-OH is 1. The van der Waals surface area contributed by atoms with E-state index in [0.717, 1.165) is 25.9 Å². The number of ether oxygens (including phenoxy) is 2. The normalized spacial score (nSPS) is 28.3. The van der Waals surface area contributed by atoms with Gasteiger partial charge in [-0.3, -0.25) is 0 Å². The van der Waals surface area contributed by atoms with Crippen LogP contribution >= 0.6 is 0 Å². The topological polar surface area (TPSA) is 38.7 Å². The summed E-state index contributed by atoms with van der Waals surface area (Å²) in [6, 6.07) is 10.4. The van der Waals surface area contributed by atoms with Crippen LogP contribution in [-0.2, 0) is 16.1 Å². The molecule has 144 valence electrons.